The predicted octanol–water partition coefficient (Wildman–Crippen LogP) is 2.41. The average Bonchev–Trinajstić information content (AvgIpc) is 2.39. The Balaban J connectivity index is 1.83. The molecule has 21 heavy (non-hydrogen) atoms. The van der Waals surface area contributed by atoms with E-state index in [4.69, 9.17) is 0 Å². The van der Waals surface area contributed by atoms with Gasteiger partial charge in [-0.2, -0.15) is 0 Å². The molecule has 2 rings (SSSR count). The zero-order valence-electron chi connectivity index (χ0n) is 12.8. The van der Waals surface area contributed by atoms with E-state index in [9.17, 15) is 8.42 Å². The molecule has 0 spiro atoms. The lowest BCUT2D eigenvalue weighted by atomic mass is 9.83. The molecule has 5 heteroatoms. The fourth-order valence-corrected chi connectivity index (χ4v) is 3.72. The van der Waals surface area contributed by atoms with Crippen LogP contribution >= 0.6 is 0 Å². The molecule has 0 atom stereocenters. The van der Waals surface area contributed by atoms with E-state index in [1.807, 2.05) is 24.3 Å². The summed E-state index contributed by atoms with van der Waals surface area (Å²) < 4.78 is 26.9. The van der Waals surface area contributed by atoms with E-state index in [2.05, 4.69) is 17.0 Å². The van der Waals surface area contributed by atoms with Crippen LogP contribution in [0, 0.1) is 5.92 Å². The SMILES string of the molecule is CCNCc1cccc(CS(=O)(=O)NCCC2CCC2)c1. The Kier molecular flexibility index (Phi) is 6.21. The minimum absolute atomic E-state index is 0.0671. The highest BCUT2D eigenvalue weighted by atomic mass is 32.2. The third-order valence-electron chi connectivity index (χ3n) is 4.03. The van der Waals surface area contributed by atoms with Crippen LogP contribution in [0.15, 0.2) is 24.3 Å². The van der Waals surface area contributed by atoms with Gasteiger partial charge >= 0.3 is 0 Å². The molecule has 0 amide bonds. The summed E-state index contributed by atoms with van der Waals surface area (Å²) in [4.78, 5) is 0. The highest BCUT2D eigenvalue weighted by Crippen LogP contribution is 2.28. The van der Waals surface area contributed by atoms with E-state index in [0.717, 1.165) is 36.6 Å². The second-order valence-electron chi connectivity index (χ2n) is 5.84. The number of benzene rings is 1. The largest absolute Gasteiger partial charge is 0.313 e. The highest BCUT2D eigenvalue weighted by Gasteiger charge is 2.18. The van der Waals surface area contributed by atoms with Crippen molar-refractivity contribution in [3.8, 4) is 0 Å². The molecular formula is C16H26N2O2S. The van der Waals surface area contributed by atoms with E-state index in [-0.39, 0.29) is 5.75 Å². The molecule has 4 nitrogen and oxygen atoms in total. The van der Waals surface area contributed by atoms with Crippen molar-refractivity contribution in [3.63, 3.8) is 0 Å². The minimum Gasteiger partial charge on any atom is -0.313 e. The van der Waals surface area contributed by atoms with Crippen molar-refractivity contribution in [1.82, 2.24) is 10.0 Å². The molecule has 1 aliphatic rings. The first-order valence-corrected chi connectivity index (χ1v) is 9.50. The molecule has 1 saturated carbocycles. The number of rotatable bonds is 9. The zero-order valence-corrected chi connectivity index (χ0v) is 13.6. The summed E-state index contributed by atoms with van der Waals surface area (Å²) in [5.41, 5.74) is 1.97. The van der Waals surface area contributed by atoms with E-state index >= 15 is 0 Å². The minimum atomic E-state index is -3.22. The number of sulfonamides is 1. The Morgan fingerprint density at radius 3 is 2.67 bits per heavy atom. The second kappa shape index (κ2) is 7.92. The molecule has 1 aromatic rings. The van der Waals surface area contributed by atoms with Crippen LogP contribution in [-0.4, -0.2) is 21.5 Å². The Labute approximate surface area is 128 Å². The van der Waals surface area contributed by atoms with Gasteiger partial charge in [-0.3, -0.25) is 0 Å². The van der Waals surface area contributed by atoms with Crippen molar-refractivity contribution >= 4 is 10.0 Å². The Morgan fingerprint density at radius 1 is 1.24 bits per heavy atom. The fraction of sp³-hybridized carbons (Fsp3) is 0.625. The molecular weight excluding hydrogens is 284 g/mol. The summed E-state index contributed by atoms with van der Waals surface area (Å²) >= 11 is 0. The van der Waals surface area contributed by atoms with Crippen LogP contribution in [-0.2, 0) is 22.3 Å². The normalized spacial score (nSPS) is 15.9. The zero-order chi connectivity index (χ0) is 15.1. The highest BCUT2D eigenvalue weighted by molar-refractivity contribution is 7.88. The third kappa shape index (κ3) is 5.77. The van der Waals surface area contributed by atoms with Crippen molar-refractivity contribution < 1.29 is 8.42 Å². The predicted molar refractivity (Wildman–Crippen MR) is 86.4 cm³/mol. The van der Waals surface area contributed by atoms with E-state index < -0.39 is 10.0 Å². The van der Waals surface area contributed by atoms with Crippen LogP contribution in [0.4, 0.5) is 0 Å². The summed E-state index contributed by atoms with van der Waals surface area (Å²) in [5.74, 6) is 0.800. The van der Waals surface area contributed by atoms with Gasteiger partial charge in [-0.1, -0.05) is 50.5 Å². The second-order valence-corrected chi connectivity index (χ2v) is 7.65. The summed E-state index contributed by atoms with van der Waals surface area (Å²) in [6, 6.07) is 7.78. The standard InChI is InChI=1S/C16H26N2O2S/c1-2-17-12-15-7-4-8-16(11-15)13-21(19,20)18-10-9-14-5-3-6-14/h4,7-8,11,14,17-18H,2-3,5-6,9-10,12-13H2,1H3. The first kappa shape index (κ1) is 16.5. The lowest BCUT2D eigenvalue weighted by molar-refractivity contribution is 0.297. The molecule has 0 saturated heterocycles. The average molecular weight is 310 g/mol. The van der Waals surface area contributed by atoms with Gasteiger partial charge in [0.25, 0.3) is 0 Å². The lowest BCUT2D eigenvalue weighted by Gasteiger charge is -2.25. The van der Waals surface area contributed by atoms with Crippen molar-refractivity contribution in [2.45, 2.75) is 44.9 Å². The number of hydrogen-bond donors (Lipinski definition) is 2. The van der Waals surface area contributed by atoms with Crippen molar-refractivity contribution in [1.29, 1.82) is 0 Å². The number of nitrogens with one attached hydrogen (secondary N) is 2. The van der Waals surface area contributed by atoms with Crippen LogP contribution in [0.2, 0.25) is 0 Å². The van der Waals surface area contributed by atoms with Crippen molar-refractivity contribution in [2.24, 2.45) is 5.92 Å². The lowest BCUT2D eigenvalue weighted by Crippen LogP contribution is -2.28. The first-order chi connectivity index (χ1) is 10.1. The van der Waals surface area contributed by atoms with E-state index in [1.165, 1.54) is 19.3 Å². The van der Waals surface area contributed by atoms with Gasteiger partial charge in [0.1, 0.15) is 0 Å². The molecule has 1 aliphatic carbocycles. The summed E-state index contributed by atoms with van der Waals surface area (Å²) in [5, 5.41) is 3.25. The van der Waals surface area contributed by atoms with Gasteiger partial charge in [0.2, 0.25) is 10.0 Å². The molecule has 1 fully saturated rings. The molecule has 0 radical (unpaired) electrons. The Morgan fingerprint density at radius 2 is 2.00 bits per heavy atom. The number of hydrogen-bond acceptors (Lipinski definition) is 3. The van der Waals surface area contributed by atoms with Crippen LogP contribution < -0.4 is 10.0 Å². The smallest absolute Gasteiger partial charge is 0.215 e. The molecule has 0 heterocycles. The maximum Gasteiger partial charge on any atom is 0.215 e. The van der Waals surface area contributed by atoms with Gasteiger partial charge in [0.15, 0.2) is 0 Å². The quantitative estimate of drug-likeness (QED) is 0.736. The summed E-state index contributed by atoms with van der Waals surface area (Å²) in [7, 11) is -3.22. The monoisotopic (exact) mass is 310 g/mol. The topological polar surface area (TPSA) is 58.2 Å². The van der Waals surface area contributed by atoms with Gasteiger partial charge in [0, 0.05) is 13.1 Å². The summed E-state index contributed by atoms with van der Waals surface area (Å²) in [6.07, 6.45) is 4.79. The molecule has 0 unspecified atom stereocenters. The van der Waals surface area contributed by atoms with E-state index in [0.29, 0.717) is 6.54 Å². The van der Waals surface area contributed by atoms with Gasteiger partial charge in [-0.05, 0) is 30.0 Å². The van der Waals surface area contributed by atoms with Gasteiger partial charge in [-0.25, -0.2) is 13.1 Å². The summed E-state index contributed by atoms with van der Waals surface area (Å²) in [6.45, 7) is 4.31. The van der Waals surface area contributed by atoms with Crippen LogP contribution in [0.1, 0.15) is 43.7 Å². The van der Waals surface area contributed by atoms with Gasteiger partial charge < -0.3 is 5.32 Å². The maximum absolute atomic E-state index is 12.1. The molecule has 118 valence electrons. The van der Waals surface area contributed by atoms with Crippen LogP contribution in [0.5, 0.6) is 0 Å². The van der Waals surface area contributed by atoms with Crippen LogP contribution in [0.3, 0.4) is 0 Å². The molecule has 2 N–H and O–H groups in total. The third-order valence-corrected chi connectivity index (χ3v) is 5.38. The Bertz CT molecular complexity index is 539. The molecule has 1 aromatic carbocycles. The molecule has 0 bridgehead atoms. The molecule has 0 aliphatic heterocycles. The van der Waals surface area contributed by atoms with Crippen molar-refractivity contribution in [2.75, 3.05) is 13.1 Å². The Hall–Kier alpha value is -0.910. The maximum atomic E-state index is 12.1. The first-order valence-electron chi connectivity index (χ1n) is 7.85. The van der Waals surface area contributed by atoms with Gasteiger partial charge in [0.05, 0.1) is 5.75 Å². The van der Waals surface area contributed by atoms with Gasteiger partial charge in [-0.15, -0.1) is 0 Å². The van der Waals surface area contributed by atoms with Crippen LogP contribution in [0.25, 0.3) is 0 Å². The fourth-order valence-electron chi connectivity index (χ4n) is 2.57. The molecule has 0 aromatic heterocycles. The van der Waals surface area contributed by atoms with E-state index in [1.54, 1.807) is 0 Å². The van der Waals surface area contributed by atoms with Crippen molar-refractivity contribution in [3.05, 3.63) is 35.4 Å².